The van der Waals surface area contributed by atoms with E-state index in [-0.39, 0.29) is 29.3 Å². The van der Waals surface area contributed by atoms with Crippen LogP contribution in [0.15, 0.2) is 29.2 Å². The SMILES string of the molecule is CCN[C@H](C)CNS(=O)(=O)c1ccc(C2(C(=O)OC)CC2)cc1.Cl. The number of benzene rings is 1. The van der Waals surface area contributed by atoms with Crippen LogP contribution >= 0.6 is 12.4 Å². The summed E-state index contributed by atoms with van der Waals surface area (Å²) in [7, 11) is -2.18. The van der Waals surface area contributed by atoms with Gasteiger partial charge in [-0.3, -0.25) is 4.79 Å². The van der Waals surface area contributed by atoms with E-state index in [1.165, 1.54) is 7.11 Å². The van der Waals surface area contributed by atoms with E-state index in [0.29, 0.717) is 6.54 Å². The predicted octanol–water partition coefficient (Wildman–Crippen LogP) is 1.59. The summed E-state index contributed by atoms with van der Waals surface area (Å²) in [6.07, 6.45) is 1.48. The molecule has 2 rings (SSSR count). The highest BCUT2D eigenvalue weighted by atomic mass is 35.5. The lowest BCUT2D eigenvalue weighted by Gasteiger charge is -2.15. The molecular weight excluding hydrogens is 352 g/mol. The van der Waals surface area contributed by atoms with Crippen molar-refractivity contribution in [1.82, 2.24) is 10.0 Å². The fraction of sp³-hybridized carbons (Fsp3) is 0.562. The average molecular weight is 377 g/mol. The van der Waals surface area contributed by atoms with Gasteiger partial charge in [0.15, 0.2) is 0 Å². The van der Waals surface area contributed by atoms with Gasteiger partial charge < -0.3 is 10.1 Å². The van der Waals surface area contributed by atoms with Crippen LogP contribution in [0.5, 0.6) is 0 Å². The van der Waals surface area contributed by atoms with Crippen LogP contribution in [0.4, 0.5) is 0 Å². The van der Waals surface area contributed by atoms with Crippen molar-refractivity contribution >= 4 is 28.4 Å². The van der Waals surface area contributed by atoms with Gasteiger partial charge in [-0.25, -0.2) is 13.1 Å². The molecule has 0 radical (unpaired) electrons. The molecule has 0 bridgehead atoms. The Morgan fingerprint density at radius 2 is 1.88 bits per heavy atom. The lowest BCUT2D eigenvalue weighted by Crippen LogP contribution is -2.38. The van der Waals surface area contributed by atoms with Gasteiger partial charge in [0, 0.05) is 12.6 Å². The maximum Gasteiger partial charge on any atom is 0.316 e. The zero-order chi connectivity index (χ0) is 17.1. The summed E-state index contributed by atoms with van der Waals surface area (Å²) < 4.78 is 32.0. The van der Waals surface area contributed by atoms with Crippen molar-refractivity contribution in [3.8, 4) is 0 Å². The number of likely N-dealkylation sites (N-methyl/N-ethyl adjacent to an activating group) is 1. The number of nitrogens with one attached hydrogen (secondary N) is 2. The minimum Gasteiger partial charge on any atom is -0.468 e. The average Bonchev–Trinajstić information content (AvgIpc) is 3.34. The van der Waals surface area contributed by atoms with E-state index in [4.69, 9.17) is 4.74 Å². The number of carbonyl (C=O) groups excluding carboxylic acids is 1. The molecule has 1 aromatic carbocycles. The van der Waals surface area contributed by atoms with Crippen LogP contribution in [-0.2, 0) is 25.0 Å². The predicted molar refractivity (Wildman–Crippen MR) is 94.9 cm³/mol. The third-order valence-electron chi connectivity index (χ3n) is 4.18. The van der Waals surface area contributed by atoms with Crippen molar-refractivity contribution in [3.05, 3.63) is 29.8 Å². The van der Waals surface area contributed by atoms with Gasteiger partial charge in [0.25, 0.3) is 0 Å². The molecule has 0 amide bonds. The van der Waals surface area contributed by atoms with Gasteiger partial charge in [-0.05, 0) is 44.0 Å². The molecule has 0 heterocycles. The fourth-order valence-electron chi connectivity index (χ4n) is 2.62. The van der Waals surface area contributed by atoms with Gasteiger partial charge in [-0.2, -0.15) is 0 Å². The standard InChI is InChI=1S/C16H24N2O4S.ClH/c1-4-17-12(2)11-18-23(20,21)14-7-5-13(6-8-14)16(9-10-16)15(19)22-3;/h5-8,12,17-18H,4,9-11H2,1-3H3;1H/t12-;/m1./s1. The second kappa shape index (κ2) is 8.29. The smallest absolute Gasteiger partial charge is 0.316 e. The van der Waals surface area contributed by atoms with Crippen molar-refractivity contribution in [3.63, 3.8) is 0 Å². The molecule has 24 heavy (non-hydrogen) atoms. The molecule has 0 aromatic heterocycles. The highest BCUT2D eigenvalue weighted by Crippen LogP contribution is 2.49. The third kappa shape index (κ3) is 4.47. The van der Waals surface area contributed by atoms with Crippen molar-refractivity contribution in [2.45, 2.75) is 43.0 Å². The maximum atomic E-state index is 12.3. The number of methoxy groups -OCH3 is 1. The Balaban J connectivity index is 0.00000288. The highest BCUT2D eigenvalue weighted by Gasteiger charge is 2.52. The van der Waals surface area contributed by atoms with E-state index in [0.717, 1.165) is 24.9 Å². The Hall–Kier alpha value is -1.15. The summed E-state index contributed by atoms with van der Waals surface area (Å²) in [6.45, 7) is 5.00. The summed E-state index contributed by atoms with van der Waals surface area (Å²) in [4.78, 5) is 12.1. The summed E-state index contributed by atoms with van der Waals surface area (Å²) in [5, 5.41) is 3.15. The van der Waals surface area contributed by atoms with E-state index in [1.807, 2.05) is 13.8 Å². The molecular formula is C16H25ClN2O4S. The lowest BCUT2D eigenvalue weighted by atomic mass is 9.96. The number of sulfonamides is 1. The molecule has 1 aliphatic rings. The van der Waals surface area contributed by atoms with Crippen LogP contribution in [0.3, 0.4) is 0 Å². The zero-order valence-electron chi connectivity index (χ0n) is 14.2. The van der Waals surface area contributed by atoms with Crippen molar-refractivity contribution in [2.24, 2.45) is 0 Å². The van der Waals surface area contributed by atoms with Crippen LogP contribution in [0.1, 0.15) is 32.3 Å². The fourth-order valence-corrected chi connectivity index (χ4v) is 3.75. The Bertz CT molecular complexity index is 657. The van der Waals surface area contributed by atoms with Crippen LogP contribution in [0.25, 0.3) is 0 Å². The molecule has 8 heteroatoms. The van der Waals surface area contributed by atoms with Gasteiger partial charge >= 0.3 is 5.97 Å². The first kappa shape index (κ1) is 20.9. The first-order chi connectivity index (χ1) is 10.9. The number of carbonyl (C=O) groups is 1. The van der Waals surface area contributed by atoms with Gasteiger partial charge in [0.2, 0.25) is 10.0 Å². The summed E-state index contributed by atoms with van der Waals surface area (Å²) in [6, 6.07) is 6.54. The summed E-state index contributed by atoms with van der Waals surface area (Å²) >= 11 is 0. The van der Waals surface area contributed by atoms with E-state index in [9.17, 15) is 13.2 Å². The molecule has 1 fully saturated rings. The molecule has 1 aromatic rings. The molecule has 1 saturated carbocycles. The van der Waals surface area contributed by atoms with E-state index in [1.54, 1.807) is 24.3 Å². The number of hydrogen-bond donors (Lipinski definition) is 2. The Morgan fingerprint density at radius 1 is 1.29 bits per heavy atom. The monoisotopic (exact) mass is 376 g/mol. The lowest BCUT2D eigenvalue weighted by molar-refractivity contribution is -0.143. The summed E-state index contributed by atoms with van der Waals surface area (Å²) in [5.74, 6) is -0.259. The maximum absolute atomic E-state index is 12.3. The molecule has 6 nitrogen and oxygen atoms in total. The zero-order valence-corrected chi connectivity index (χ0v) is 15.8. The Labute approximate surface area is 149 Å². The van der Waals surface area contributed by atoms with Crippen LogP contribution < -0.4 is 10.0 Å². The normalized spacial score (nSPS) is 16.8. The molecule has 0 saturated heterocycles. The highest BCUT2D eigenvalue weighted by molar-refractivity contribution is 7.89. The van der Waals surface area contributed by atoms with Gasteiger partial charge in [0.1, 0.15) is 0 Å². The first-order valence-electron chi connectivity index (χ1n) is 7.78. The Morgan fingerprint density at radius 3 is 2.33 bits per heavy atom. The molecule has 2 N–H and O–H groups in total. The van der Waals surface area contributed by atoms with Crippen molar-refractivity contribution < 1.29 is 17.9 Å². The van der Waals surface area contributed by atoms with Gasteiger partial charge in [-0.15, -0.1) is 12.4 Å². The topological polar surface area (TPSA) is 84.5 Å². The van der Waals surface area contributed by atoms with Gasteiger partial charge in [0.05, 0.1) is 17.4 Å². The van der Waals surface area contributed by atoms with Crippen LogP contribution in [0.2, 0.25) is 0 Å². The number of rotatable bonds is 8. The van der Waals surface area contributed by atoms with Crippen LogP contribution in [0, 0.1) is 0 Å². The van der Waals surface area contributed by atoms with Crippen LogP contribution in [-0.4, -0.2) is 40.6 Å². The third-order valence-corrected chi connectivity index (χ3v) is 5.61. The van der Waals surface area contributed by atoms with E-state index in [2.05, 4.69) is 10.0 Å². The molecule has 1 aliphatic carbocycles. The van der Waals surface area contributed by atoms with Crippen molar-refractivity contribution in [1.29, 1.82) is 0 Å². The largest absolute Gasteiger partial charge is 0.468 e. The second-order valence-corrected chi connectivity index (χ2v) is 7.68. The second-order valence-electron chi connectivity index (χ2n) is 5.91. The first-order valence-corrected chi connectivity index (χ1v) is 9.26. The van der Waals surface area contributed by atoms with E-state index < -0.39 is 15.4 Å². The number of hydrogen-bond acceptors (Lipinski definition) is 5. The van der Waals surface area contributed by atoms with E-state index >= 15 is 0 Å². The quantitative estimate of drug-likeness (QED) is 0.673. The molecule has 0 unspecified atom stereocenters. The minimum atomic E-state index is -3.55. The number of esters is 1. The molecule has 1 atom stereocenters. The van der Waals surface area contributed by atoms with Gasteiger partial charge in [-0.1, -0.05) is 19.1 Å². The molecule has 136 valence electrons. The van der Waals surface area contributed by atoms with Crippen molar-refractivity contribution in [2.75, 3.05) is 20.2 Å². The number of halogens is 1. The minimum absolute atomic E-state index is 0. The Kier molecular flexibility index (Phi) is 7.22. The summed E-state index contributed by atoms with van der Waals surface area (Å²) in [5.41, 5.74) is 0.230. The molecule has 0 aliphatic heterocycles. The molecule has 0 spiro atoms. The number of ether oxygens (including phenoxy) is 1.